The molecule has 1 aromatic rings. The van der Waals surface area contributed by atoms with Crippen molar-refractivity contribution in [1.29, 1.82) is 0 Å². The van der Waals surface area contributed by atoms with Crippen LogP contribution in [0, 0.1) is 0 Å². The van der Waals surface area contributed by atoms with Crippen LogP contribution < -0.4 is 0 Å². The molecule has 0 unspecified atom stereocenters. The minimum atomic E-state index is -3.47. The molecule has 6 heteroatoms. The molecular weight excluding hydrogens is 252 g/mol. The zero-order valence-corrected chi connectivity index (χ0v) is 10.2. The molecular formula is C10H11ClO4S. The highest BCUT2D eigenvalue weighted by molar-refractivity contribution is 8.13. The van der Waals surface area contributed by atoms with Crippen molar-refractivity contribution in [2.45, 2.75) is 6.42 Å². The van der Waals surface area contributed by atoms with Gasteiger partial charge < -0.3 is 4.74 Å². The third kappa shape index (κ3) is 4.20. The molecule has 0 heterocycles. The summed E-state index contributed by atoms with van der Waals surface area (Å²) in [5, 5.41) is 0. The Morgan fingerprint density at radius 2 is 1.88 bits per heavy atom. The molecule has 0 N–H and O–H groups in total. The van der Waals surface area contributed by atoms with Crippen LogP contribution in [0.25, 0.3) is 0 Å². The fourth-order valence-electron chi connectivity index (χ4n) is 1.17. The van der Waals surface area contributed by atoms with Crippen molar-refractivity contribution in [3.8, 4) is 0 Å². The lowest BCUT2D eigenvalue weighted by Crippen LogP contribution is -2.03. The van der Waals surface area contributed by atoms with E-state index in [1.807, 2.05) is 0 Å². The Bertz CT molecular complexity index is 464. The van der Waals surface area contributed by atoms with Crippen LogP contribution in [0.5, 0.6) is 0 Å². The first-order valence-corrected chi connectivity index (χ1v) is 7.00. The quantitative estimate of drug-likeness (QED) is 0.611. The third-order valence-corrected chi connectivity index (χ3v) is 3.16. The molecule has 16 heavy (non-hydrogen) atoms. The van der Waals surface area contributed by atoms with Gasteiger partial charge >= 0.3 is 5.97 Å². The van der Waals surface area contributed by atoms with Crippen LogP contribution in [0.4, 0.5) is 0 Å². The van der Waals surface area contributed by atoms with Crippen LogP contribution in [0.1, 0.15) is 15.9 Å². The molecule has 0 saturated carbocycles. The van der Waals surface area contributed by atoms with Gasteiger partial charge in [-0.15, -0.1) is 0 Å². The highest BCUT2D eigenvalue weighted by Crippen LogP contribution is 2.08. The summed E-state index contributed by atoms with van der Waals surface area (Å²) in [6, 6.07) is 6.52. The number of carbonyl (C=O) groups is 1. The summed E-state index contributed by atoms with van der Waals surface area (Å²) in [4.78, 5) is 11.1. The molecule has 0 aliphatic rings. The van der Waals surface area contributed by atoms with E-state index < -0.39 is 15.0 Å². The number of aryl methyl sites for hydroxylation is 1. The van der Waals surface area contributed by atoms with E-state index in [0.717, 1.165) is 5.56 Å². The van der Waals surface area contributed by atoms with E-state index in [0.29, 0.717) is 12.0 Å². The van der Waals surface area contributed by atoms with Crippen LogP contribution in [0.15, 0.2) is 24.3 Å². The van der Waals surface area contributed by atoms with Gasteiger partial charge in [0.15, 0.2) is 0 Å². The van der Waals surface area contributed by atoms with Crippen LogP contribution in [0.2, 0.25) is 0 Å². The first-order chi connectivity index (χ1) is 7.42. The zero-order chi connectivity index (χ0) is 12.2. The van der Waals surface area contributed by atoms with Crippen molar-refractivity contribution in [2.75, 3.05) is 12.9 Å². The Morgan fingerprint density at radius 3 is 2.31 bits per heavy atom. The lowest BCUT2D eigenvalue weighted by atomic mass is 10.1. The first kappa shape index (κ1) is 13.0. The normalized spacial score (nSPS) is 11.1. The number of benzene rings is 1. The third-order valence-electron chi connectivity index (χ3n) is 2.01. The number of halogens is 1. The van der Waals surface area contributed by atoms with E-state index in [2.05, 4.69) is 4.74 Å². The second-order valence-corrected chi connectivity index (χ2v) is 6.08. The lowest BCUT2D eigenvalue weighted by Gasteiger charge is -2.01. The molecule has 1 rings (SSSR count). The molecule has 0 radical (unpaired) electrons. The van der Waals surface area contributed by atoms with Crippen molar-refractivity contribution in [1.82, 2.24) is 0 Å². The fourth-order valence-corrected chi connectivity index (χ4v) is 1.88. The lowest BCUT2D eigenvalue weighted by molar-refractivity contribution is 0.0600. The Hall–Kier alpha value is -1.07. The van der Waals surface area contributed by atoms with E-state index in [1.54, 1.807) is 24.3 Å². The minimum Gasteiger partial charge on any atom is -0.465 e. The summed E-state index contributed by atoms with van der Waals surface area (Å²) < 4.78 is 26.0. The van der Waals surface area contributed by atoms with Crippen molar-refractivity contribution in [3.05, 3.63) is 35.4 Å². The Kier molecular flexibility index (Phi) is 4.32. The topological polar surface area (TPSA) is 60.4 Å². The largest absolute Gasteiger partial charge is 0.465 e. The van der Waals surface area contributed by atoms with Crippen LogP contribution in [-0.4, -0.2) is 27.2 Å². The molecule has 1 aromatic carbocycles. The molecule has 0 spiro atoms. The van der Waals surface area contributed by atoms with Crippen molar-refractivity contribution in [2.24, 2.45) is 0 Å². The van der Waals surface area contributed by atoms with E-state index in [-0.39, 0.29) is 5.75 Å². The molecule has 0 aromatic heterocycles. The number of esters is 1. The maximum atomic E-state index is 11.1. The summed E-state index contributed by atoms with van der Waals surface area (Å²) in [5.41, 5.74) is 1.23. The zero-order valence-electron chi connectivity index (χ0n) is 8.64. The van der Waals surface area contributed by atoms with Gasteiger partial charge in [0.05, 0.1) is 18.4 Å². The Balaban J connectivity index is 2.69. The molecule has 0 aliphatic carbocycles. The molecule has 0 atom stereocenters. The number of ether oxygens (including phenoxy) is 1. The second-order valence-electron chi connectivity index (χ2n) is 3.18. The molecule has 0 aliphatic heterocycles. The van der Waals surface area contributed by atoms with Crippen LogP contribution >= 0.6 is 10.7 Å². The Morgan fingerprint density at radius 1 is 1.31 bits per heavy atom. The van der Waals surface area contributed by atoms with Gasteiger partial charge in [0.2, 0.25) is 9.05 Å². The summed E-state index contributed by atoms with van der Waals surface area (Å²) in [5.74, 6) is -0.539. The summed E-state index contributed by atoms with van der Waals surface area (Å²) >= 11 is 0. The highest BCUT2D eigenvalue weighted by atomic mass is 35.7. The molecule has 88 valence electrons. The van der Waals surface area contributed by atoms with Gasteiger partial charge in [-0.2, -0.15) is 0 Å². The average Bonchev–Trinajstić information content (AvgIpc) is 2.25. The van der Waals surface area contributed by atoms with Gasteiger partial charge in [-0.05, 0) is 24.1 Å². The summed E-state index contributed by atoms with van der Waals surface area (Å²) in [6.45, 7) is 0. The monoisotopic (exact) mass is 262 g/mol. The highest BCUT2D eigenvalue weighted by Gasteiger charge is 2.07. The number of hydrogen-bond acceptors (Lipinski definition) is 4. The van der Waals surface area contributed by atoms with E-state index in [1.165, 1.54) is 7.11 Å². The summed E-state index contributed by atoms with van der Waals surface area (Å²) in [6.07, 6.45) is 0.327. The standard InChI is InChI=1S/C10H11ClO4S/c1-15-10(12)9-4-2-8(3-5-9)6-7-16(11,13)14/h2-5H,6-7H2,1H3. The number of hydrogen-bond donors (Lipinski definition) is 0. The van der Waals surface area contributed by atoms with Gasteiger partial charge in [-0.25, -0.2) is 13.2 Å². The molecule has 0 saturated heterocycles. The average molecular weight is 263 g/mol. The number of carbonyl (C=O) groups excluding carboxylic acids is 1. The van der Waals surface area contributed by atoms with Crippen molar-refractivity contribution in [3.63, 3.8) is 0 Å². The first-order valence-electron chi connectivity index (χ1n) is 4.52. The predicted octanol–water partition coefficient (Wildman–Crippen LogP) is 1.58. The number of methoxy groups -OCH3 is 1. The van der Waals surface area contributed by atoms with Gasteiger partial charge in [-0.1, -0.05) is 12.1 Å². The van der Waals surface area contributed by atoms with Gasteiger partial charge in [0, 0.05) is 10.7 Å². The molecule has 0 amide bonds. The maximum absolute atomic E-state index is 11.1. The summed E-state index contributed by atoms with van der Waals surface area (Å²) in [7, 11) is 2.91. The SMILES string of the molecule is COC(=O)c1ccc(CCS(=O)(=O)Cl)cc1. The van der Waals surface area contributed by atoms with E-state index >= 15 is 0 Å². The second kappa shape index (κ2) is 5.32. The predicted molar refractivity (Wildman–Crippen MR) is 61.1 cm³/mol. The van der Waals surface area contributed by atoms with Crippen molar-refractivity contribution < 1.29 is 17.9 Å². The van der Waals surface area contributed by atoms with Gasteiger partial charge in [0.1, 0.15) is 0 Å². The van der Waals surface area contributed by atoms with Crippen molar-refractivity contribution >= 4 is 25.7 Å². The molecule has 4 nitrogen and oxygen atoms in total. The maximum Gasteiger partial charge on any atom is 0.337 e. The van der Waals surface area contributed by atoms with E-state index in [4.69, 9.17) is 10.7 Å². The molecule has 0 fully saturated rings. The van der Waals surface area contributed by atoms with E-state index in [9.17, 15) is 13.2 Å². The van der Waals surface area contributed by atoms with Crippen LogP contribution in [-0.2, 0) is 20.2 Å². The van der Waals surface area contributed by atoms with Gasteiger partial charge in [0.25, 0.3) is 0 Å². The Labute approximate surface area is 98.6 Å². The smallest absolute Gasteiger partial charge is 0.337 e. The fraction of sp³-hybridized carbons (Fsp3) is 0.300. The van der Waals surface area contributed by atoms with Crippen LogP contribution in [0.3, 0.4) is 0 Å². The molecule has 0 bridgehead atoms. The van der Waals surface area contributed by atoms with Gasteiger partial charge in [-0.3, -0.25) is 0 Å². The minimum absolute atomic E-state index is 0.119. The number of rotatable bonds is 4.